The normalized spacial score (nSPS) is 13.1. The molecule has 13 nitrogen and oxygen atoms in total. The topological polar surface area (TPSA) is 221 Å². The van der Waals surface area contributed by atoms with E-state index in [4.69, 9.17) is 21.9 Å². The average Bonchev–Trinajstić information content (AvgIpc) is 2.87. The number of carbonyl (C=O) groups excluding carboxylic acids is 5. The van der Waals surface area contributed by atoms with Crippen molar-refractivity contribution < 1.29 is 28.7 Å². The van der Waals surface area contributed by atoms with Crippen molar-refractivity contribution in [3.05, 3.63) is 35.9 Å². The van der Waals surface area contributed by atoms with Crippen LogP contribution in [0.25, 0.3) is 6.08 Å². The van der Waals surface area contributed by atoms with Crippen molar-refractivity contribution >= 4 is 42.0 Å². The predicted octanol–water partition coefficient (Wildman–Crippen LogP) is -0.663. The first-order valence-electron chi connectivity index (χ1n) is 12.5. The van der Waals surface area contributed by atoms with Crippen LogP contribution in [0, 0.1) is 5.92 Å². The second-order valence-corrected chi connectivity index (χ2v) is 9.25. The van der Waals surface area contributed by atoms with Crippen molar-refractivity contribution in [3.8, 4) is 5.75 Å². The zero-order valence-electron chi connectivity index (χ0n) is 22.5. The maximum Gasteiger partial charge on any atom is 0.258 e. The molecule has 39 heavy (non-hydrogen) atoms. The van der Waals surface area contributed by atoms with Gasteiger partial charge in [0.25, 0.3) is 5.91 Å². The Morgan fingerprint density at radius 1 is 0.949 bits per heavy atom. The third-order valence-electron chi connectivity index (χ3n) is 5.33. The van der Waals surface area contributed by atoms with E-state index in [1.54, 1.807) is 30.3 Å². The van der Waals surface area contributed by atoms with Gasteiger partial charge in [-0.15, -0.1) is 0 Å². The number of amides is 4. The number of aliphatic imine (C=N–C) groups is 1. The highest BCUT2D eigenvalue weighted by atomic mass is 16.5. The minimum Gasteiger partial charge on any atom is -0.484 e. The van der Waals surface area contributed by atoms with Crippen LogP contribution in [0.4, 0.5) is 0 Å². The Bertz CT molecular complexity index is 1040. The molecule has 214 valence electrons. The van der Waals surface area contributed by atoms with E-state index in [9.17, 15) is 24.0 Å². The number of benzene rings is 1. The molecule has 0 spiro atoms. The lowest BCUT2D eigenvalue weighted by Gasteiger charge is -2.24. The number of hydrogen-bond donors (Lipinski definition) is 6. The Morgan fingerprint density at radius 2 is 1.59 bits per heavy atom. The number of guanidine groups is 1. The fraction of sp³-hybridized carbons (Fsp3) is 0.462. The van der Waals surface area contributed by atoms with Crippen LogP contribution in [-0.4, -0.2) is 67.2 Å². The number of primary amides is 1. The lowest BCUT2D eigenvalue weighted by atomic mass is 10.0. The van der Waals surface area contributed by atoms with E-state index in [1.165, 1.54) is 13.0 Å². The predicted molar refractivity (Wildman–Crippen MR) is 147 cm³/mol. The van der Waals surface area contributed by atoms with E-state index in [-0.39, 0.29) is 31.4 Å². The number of nitrogens with one attached hydrogen (secondary N) is 3. The number of allylic oxidation sites excluding steroid dienone is 1. The van der Waals surface area contributed by atoms with Crippen LogP contribution >= 0.6 is 0 Å². The van der Waals surface area contributed by atoms with E-state index >= 15 is 0 Å². The maximum absolute atomic E-state index is 12.9. The molecular weight excluding hydrogens is 506 g/mol. The second-order valence-electron chi connectivity index (χ2n) is 9.25. The van der Waals surface area contributed by atoms with Crippen molar-refractivity contribution in [1.29, 1.82) is 0 Å². The Balaban J connectivity index is 2.74. The van der Waals surface area contributed by atoms with Crippen LogP contribution in [0.2, 0.25) is 0 Å². The second kappa shape index (κ2) is 17.2. The first-order valence-corrected chi connectivity index (χ1v) is 12.5. The van der Waals surface area contributed by atoms with Crippen molar-refractivity contribution in [3.63, 3.8) is 0 Å². The number of rotatable bonds is 17. The minimum atomic E-state index is -1.02. The molecule has 13 heteroatoms. The van der Waals surface area contributed by atoms with Gasteiger partial charge in [-0.3, -0.25) is 29.0 Å². The standard InChI is InChI=1S/C26H39N7O6/c1-16(2)14-21(23(27)36)33-25(38)20(7-4-12-30-26(28)29)32-24(37)17(3)31-22(35)15-39-19-10-8-18(9-11-19)6-5-13-34/h5-6,8-11,13,16-17,20-21H,4,7,12,14-15H2,1-3H3,(H2,27,36)(H,31,35)(H,32,37)(H,33,38)(H4,28,29,30)/b6-5+/t17-,20-,21-/m0/s1. The summed E-state index contributed by atoms with van der Waals surface area (Å²) in [7, 11) is 0. The number of hydrogen-bond acceptors (Lipinski definition) is 7. The van der Waals surface area contributed by atoms with E-state index in [2.05, 4.69) is 20.9 Å². The van der Waals surface area contributed by atoms with Crippen LogP contribution in [0.15, 0.2) is 35.3 Å². The maximum atomic E-state index is 12.9. The summed E-state index contributed by atoms with van der Waals surface area (Å²) >= 11 is 0. The summed E-state index contributed by atoms with van der Waals surface area (Å²) < 4.78 is 5.43. The molecule has 0 saturated heterocycles. The lowest BCUT2D eigenvalue weighted by molar-refractivity contribution is -0.133. The summed E-state index contributed by atoms with van der Waals surface area (Å²) in [6, 6.07) is 3.78. The van der Waals surface area contributed by atoms with E-state index in [1.807, 2.05) is 13.8 Å². The molecule has 4 amide bonds. The number of nitrogens with zero attached hydrogens (tertiary/aromatic N) is 1. The number of ether oxygens (including phenoxy) is 1. The van der Waals surface area contributed by atoms with Gasteiger partial charge < -0.3 is 37.9 Å². The molecule has 3 atom stereocenters. The highest BCUT2D eigenvalue weighted by Crippen LogP contribution is 2.13. The summed E-state index contributed by atoms with van der Waals surface area (Å²) in [6.07, 6.45) is 4.51. The number of nitrogens with two attached hydrogens (primary N) is 3. The van der Waals surface area contributed by atoms with Crippen molar-refractivity contribution in [2.75, 3.05) is 13.2 Å². The average molecular weight is 546 g/mol. The molecule has 0 aromatic heterocycles. The zero-order valence-corrected chi connectivity index (χ0v) is 22.5. The molecule has 0 fully saturated rings. The molecule has 0 aliphatic rings. The van der Waals surface area contributed by atoms with Crippen molar-refractivity contribution in [1.82, 2.24) is 16.0 Å². The molecule has 0 unspecified atom stereocenters. The minimum absolute atomic E-state index is 0.0902. The van der Waals surface area contributed by atoms with E-state index < -0.39 is 41.8 Å². The molecule has 0 saturated carbocycles. The summed E-state index contributed by atoms with van der Waals surface area (Å²) in [6.45, 7) is 5.10. The van der Waals surface area contributed by atoms with Gasteiger partial charge in [0.2, 0.25) is 17.7 Å². The zero-order chi connectivity index (χ0) is 29.4. The van der Waals surface area contributed by atoms with Gasteiger partial charge in [0.05, 0.1) is 0 Å². The van der Waals surface area contributed by atoms with Gasteiger partial charge in [0, 0.05) is 6.54 Å². The number of aldehydes is 1. The third-order valence-corrected chi connectivity index (χ3v) is 5.33. The highest BCUT2D eigenvalue weighted by molar-refractivity contribution is 5.94. The SMILES string of the molecule is CC(C)C[C@H](NC(=O)[C@H](CCCN=C(N)N)NC(=O)[C@H](C)NC(=O)COc1ccc(/C=C/C=O)cc1)C(N)=O. The molecule has 1 rings (SSSR count). The summed E-state index contributed by atoms with van der Waals surface area (Å²) in [5.41, 5.74) is 16.9. The molecule has 0 aliphatic carbocycles. The third kappa shape index (κ3) is 13.6. The Labute approximate surface area is 228 Å². The first kappa shape index (κ1) is 32.6. The smallest absolute Gasteiger partial charge is 0.258 e. The van der Waals surface area contributed by atoms with Gasteiger partial charge in [0.15, 0.2) is 12.6 Å². The Kier molecular flexibility index (Phi) is 14.3. The van der Waals surface area contributed by atoms with Gasteiger partial charge in [-0.25, -0.2) is 0 Å². The van der Waals surface area contributed by atoms with Crippen LogP contribution in [0.3, 0.4) is 0 Å². The van der Waals surface area contributed by atoms with Gasteiger partial charge in [-0.1, -0.05) is 32.1 Å². The molecule has 0 bridgehead atoms. The largest absolute Gasteiger partial charge is 0.484 e. The first-order chi connectivity index (χ1) is 18.4. The monoisotopic (exact) mass is 545 g/mol. The van der Waals surface area contributed by atoms with E-state index in [0.29, 0.717) is 24.9 Å². The molecule has 1 aromatic rings. The summed E-state index contributed by atoms with van der Waals surface area (Å²) in [5.74, 6) is -2.03. The van der Waals surface area contributed by atoms with Crippen molar-refractivity contribution in [2.45, 2.75) is 58.2 Å². The molecule has 0 radical (unpaired) electrons. The van der Waals surface area contributed by atoms with Gasteiger partial charge in [-0.2, -0.15) is 0 Å². The van der Waals surface area contributed by atoms with Gasteiger partial charge >= 0.3 is 0 Å². The fourth-order valence-corrected chi connectivity index (χ4v) is 3.38. The van der Waals surface area contributed by atoms with Crippen LogP contribution in [0.5, 0.6) is 5.75 Å². The van der Waals surface area contributed by atoms with Crippen LogP contribution in [0.1, 0.15) is 45.6 Å². The molecule has 9 N–H and O–H groups in total. The Morgan fingerprint density at radius 3 is 2.15 bits per heavy atom. The van der Waals surface area contributed by atoms with Crippen LogP contribution in [-0.2, 0) is 24.0 Å². The van der Waals surface area contributed by atoms with Gasteiger partial charge in [0.1, 0.15) is 30.2 Å². The quantitative estimate of drug-likeness (QED) is 0.0483. The van der Waals surface area contributed by atoms with Crippen molar-refractivity contribution in [2.24, 2.45) is 28.1 Å². The summed E-state index contributed by atoms with van der Waals surface area (Å²) in [5, 5.41) is 7.71. The Hall–Kier alpha value is -4.42. The summed E-state index contributed by atoms with van der Waals surface area (Å²) in [4.78, 5) is 64.1. The van der Waals surface area contributed by atoms with Crippen LogP contribution < -0.4 is 37.9 Å². The lowest BCUT2D eigenvalue weighted by Crippen LogP contribution is -2.56. The molecule has 0 aliphatic heterocycles. The highest BCUT2D eigenvalue weighted by Gasteiger charge is 2.27. The van der Waals surface area contributed by atoms with Gasteiger partial charge in [-0.05, 0) is 55.9 Å². The molecule has 0 heterocycles. The molecule has 1 aromatic carbocycles. The molecular formula is C26H39N7O6. The number of carbonyl (C=O) groups is 5. The van der Waals surface area contributed by atoms with E-state index in [0.717, 1.165) is 5.56 Å². The fourth-order valence-electron chi connectivity index (χ4n) is 3.38.